The molecule has 0 spiro atoms. The van der Waals surface area contributed by atoms with E-state index in [1.165, 1.54) is 5.48 Å². The van der Waals surface area contributed by atoms with Gasteiger partial charge in [0.15, 0.2) is 0 Å². The van der Waals surface area contributed by atoms with Gasteiger partial charge in [0.1, 0.15) is 0 Å². The van der Waals surface area contributed by atoms with Crippen LogP contribution >= 0.6 is 0 Å². The lowest BCUT2D eigenvalue weighted by Crippen LogP contribution is -2.47. The minimum Gasteiger partial charge on any atom is -0.550 e. The Hall–Kier alpha value is -1.14. The fourth-order valence-corrected chi connectivity index (χ4v) is 0.348. The van der Waals surface area contributed by atoms with Crippen molar-refractivity contribution < 1.29 is 25.0 Å². The SMILES string of the molecule is O=C([O-])CC(NO)C(=O)[O-]. The van der Waals surface area contributed by atoms with Gasteiger partial charge in [-0.1, -0.05) is 0 Å². The average molecular weight is 147 g/mol. The molecule has 1 atom stereocenters. The Labute approximate surface area is 56.0 Å². The summed E-state index contributed by atoms with van der Waals surface area (Å²) in [5.74, 6) is -3.26. The van der Waals surface area contributed by atoms with Crippen LogP contribution in [0.4, 0.5) is 0 Å². The summed E-state index contributed by atoms with van der Waals surface area (Å²) in [6.45, 7) is 0. The van der Waals surface area contributed by atoms with Crippen LogP contribution in [-0.4, -0.2) is 23.2 Å². The van der Waals surface area contributed by atoms with Crippen LogP contribution < -0.4 is 15.7 Å². The van der Waals surface area contributed by atoms with Crippen molar-refractivity contribution in [1.29, 1.82) is 0 Å². The smallest absolute Gasteiger partial charge is 0.0766 e. The first kappa shape index (κ1) is 8.86. The van der Waals surface area contributed by atoms with Crippen molar-refractivity contribution in [3.05, 3.63) is 0 Å². The minimum atomic E-state index is -1.69. The normalized spacial score (nSPS) is 12.5. The van der Waals surface area contributed by atoms with E-state index in [-0.39, 0.29) is 0 Å². The highest BCUT2D eigenvalue weighted by Crippen LogP contribution is 1.85. The Balaban J connectivity index is 3.83. The summed E-state index contributed by atoms with van der Waals surface area (Å²) in [7, 11) is 0. The lowest BCUT2D eigenvalue weighted by atomic mass is 10.2. The van der Waals surface area contributed by atoms with Gasteiger partial charge in [-0.15, -0.1) is 0 Å². The molecule has 0 saturated carbocycles. The van der Waals surface area contributed by atoms with Crippen molar-refractivity contribution in [2.45, 2.75) is 12.5 Å². The standard InChI is InChI=1S/C4H7NO5/c6-3(7)1-2(5-10)4(8)9/h2,5,10H,1H2,(H,6,7)(H,8,9)/p-2. The van der Waals surface area contributed by atoms with Crippen LogP contribution in [0.15, 0.2) is 0 Å². The Kier molecular flexibility index (Phi) is 3.37. The lowest BCUT2D eigenvalue weighted by molar-refractivity contribution is -0.319. The summed E-state index contributed by atoms with van der Waals surface area (Å²) in [5, 5.41) is 27.5. The molecule has 0 aromatic heterocycles. The summed E-state index contributed by atoms with van der Waals surface area (Å²) >= 11 is 0. The van der Waals surface area contributed by atoms with E-state index in [2.05, 4.69) is 0 Å². The topological polar surface area (TPSA) is 113 Å². The molecule has 0 rings (SSSR count). The van der Waals surface area contributed by atoms with Gasteiger partial charge in [-0.3, -0.25) is 0 Å². The Morgan fingerprint density at radius 3 is 2.10 bits per heavy atom. The number of carboxylic acid groups (broad SMARTS) is 2. The van der Waals surface area contributed by atoms with Crippen LogP contribution in [-0.2, 0) is 9.59 Å². The summed E-state index contributed by atoms with van der Waals surface area (Å²) in [6, 6.07) is -1.61. The quantitative estimate of drug-likeness (QED) is 0.394. The Morgan fingerprint density at radius 1 is 1.50 bits per heavy atom. The predicted molar refractivity (Wildman–Crippen MR) is 23.3 cm³/mol. The maximum absolute atomic E-state index is 9.84. The number of hydroxylamine groups is 1. The second kappa shape index (κ2) is 3.80. The molecule has 0 aliphatic heterocycles. The van der Waals surface area contributed by atoms with Crippen molar-refractivity contribution in [3.8, 4) is 0 Å². The molecule has 0 amide bonds. The summed E-state index contributed by atoms with van der Waals surface area (Å²) < 4.78 is 0. The molecule has 0 radical (unpaired) electrons. The first-order valence-corrected chi connectivity index (χ1v) is 2.38. The van der Waals surface area contributed by atoms with Crippen LogP contribution in [0, 0.1) is 0 Å². The number of hydrogen-bond acceptors (Lipinski definition) is 6. The molecule has 1 unspecified atom stereocenters. The fourth-order valence-electron chi connectivity index (χ4n) is 0.348. The number of hydrogen-bond donors (Lipinski definition) is 2. The third-order valence-electron chi connectivity index (χ3n) is 0.811. The maximum Gasteiger partial charge on any atom is 0.0766 e. The van der Waals surface area contributed by atoms with Crippen molar-refractivity contribution in [3.63, 3.8) is 0 Å². The lowest BCUT2D eigenvalue weighted by Gasteiger charge is -2.15. The molecule has 0 aliphatic carbocycles. The fraction of sp³-hybridized carbons (Fsp3) is 0.500. The average Bonchev–Trinajstić information content (AvgIpc) is 1.81. The number of carbonyl (C=O) groups excluding carboxylic acids is 2. The number of rotatable bonds is 4. The highest BCUT2D eigenvalue weighted by Gasteiger charge is 2.06. The minimum absolute atomic E-state index is 0.821. The van der Waals surface area contributed by atoms with E-state index in [0.717, 1.165) is 0 Å². The zero-order valence-corrected chi connectivity index (χ0v) is 4.86. The number of nitrogens with one attached hydrogen (secondary N) is 1. The van der Waals surface area contributed by atoms with E-state index in [9.17, 15) is 19.8 Å². The van der Waals surface area contributed by atoms with E-state index in [0.29, 0.717) is 0 Å². The first-order valence-electron chi connectivity index (χ1n) is 2.38. The van der Waals surface area contributed by atoms with Crippen molar-refractivity contribution in [1.82, 2.24) is 5.48 Å². The Morgan fingerprint density at radius 2 is 2.00 bits per heavy atom. The van der Waals surface area contributed by atoms with E-state index >= 15 is 0 Å². The molecule has 10 heavy (non-hydrogen) atoms. The third kappa shape index (κ3) is 3.00. The summed E-state index contributed by atoms with van der Waals surface area (Å²) in [6.07, 6.45) is -0.821. The number of carboxylic acids is 2. The molecule has 0 aromatic carbocycles. The van der Waals surface area contributed by atoms with Gasteiger partial charge in [-0.25, -0.2) is 0 Å². The first-order chi connectivity index (χ1) is 4.57. The number of aliphatic carboxylic acids is 2. The van der Waals surface area contributed by atoms with Crippen LogP contribution in [0.1, 0.15) is 6.42 Å². The summed E-state index contributed by atoms with van der Waals surface area (Å²) in [5.41, 5.74) is 1.25. The molecule has 0 bridgehead atoms. The third-order valence-corrected chi connectivity index (χ3v) is 0.811. The van der Waals surface area contributed by atoms with E-state index in [4.69, 9.17) is 5.21 Å². The summed E-state index contributed by atoms with van der Waals surface area (Å²) in [4.78, 5) is 19.6. The molecule has 0 fully saturated rings. The van der Waals surface area contributed by atoms with Gasteiger partial charge < -0.3 is 25.0 Å². The molecule has 0 aliphatic rings. The molecule has 6 heteroatoms. The molecule has 6 nitrogen and oxygen atoms in total. The molecular formula is C4H5NO5-2. The van der Waals surface area contributed by atoms with Crippen molar-refractivity contribution >= 4 is 11.9 Å². The van der Waals surface area contributed by atoms with Gasteiger partial charge >= 0.3 is 0 Å². The second-order valence-electron chi connectivity index (χ2n) is 1.58. The van der Waals surface area contributed by atoms with Gasteiger partial charge in [0.25, 0.3) is 0 Å². The van der Waals surface area contributed by atoms with Crippen molar-refractivity contribution in [2.24, 2.45) is 0 Å². The van der Waals surface area contributed by atoms with Crippen molar-refractivity contribution in [2.75, 3.05) is 0 Å². The van der Waals surface area contributed by atoms with E-state index < -0.39 is 24.4 Å². The van der Waals surface area contributed by atoms with Crippen LogP contribution in [0.25, 0.3) is 0 Å². The highest BCUT2D eigenvalue weighted by molar-refractivity contribution is 5.78. The monoisotopic (exact) mass is 147 g/mol. The second-order valence-corrected chi connectivity index (χ2v) is 1.58. The molecule has 0 saturated heterocycles. The van der Waals surface area contributed by atoms with Gasteiger partial charge in [0.2, 0.25) is 0 Å². The van der Waals surface area contributed by atoms with Gasteiger partial charge in [0, 0.05) is 12.4 Å². The van der Waals surface area contributed by atoms with Crippen LogP contribution in [0.5, 0.6) is 0 Å². The predicted octanol–water partition coefficient (Wildman–Crippen LogP) is -3.78. The maximum atomic E-state index is 9.84. The molecular weight excluding hydrogens is 142 g/mol. The van der Waals surface area contributed by atoms with Gasteiger partial charge in [-0.05, 0) is 0 Å². The van der Waals surface area contributed by atoms with Gasteiger partial charge in [-0.2, -0.15) is 5.48 Å². The van der Waals surface area contributed by atoms with Crippen LogP contribution in [0.3, 0.4) is 0 Å². The number of carbonyl (C=O) groups is 2. The van der Waals surface area contributed by atoms with E-state index in [1.54, 1.807) is 0 Å². The molecule has 58 valence electrons. The molecule has 0 aromatic rings. The zero-order valence-electron chi connectivity index (χ0n) is 4.86. The highest BCUT2D eigenvalue weighted by atomic mass is 16.5. The molecule has 2 N–H and O–H groups in total. The van der Waals surface area contributed by atoms with Crippen LogP contribution in [0.2, 0.25) is 0 Å². The molecule has 0 heterocycles. The zero-order chi connectivity index (χ0) is 8.15. The largest absolute Gasteiger partial charge is 0.550 e. The van der Waals surface area contributed by atoms with Gasteiger partial charge in [0.05, 0.1) is 12.0 Å². The Bertz CT molecular complexity index is 145. The van der Waals surface area contributed by atoms with E-state index in [1.807, 2.05) is 0 Å².